The number of fused-ring (bicyclic) bond motifs is 1. The molecule has 0 atom stereocenters. The summed E-state index contributed by atoms with van der Waals surface area (Å²) in [6.07, 6.45) is 1.35. The fourth-order valence-electron chi connectivity index (χ4n) is 3.32. The molecule has 10 heteroatoms. The number of carbonyl (C=O) groups excluding carboxylic acids is 2. The van der Waals surface area contributed by atoms with Crippen LogP contribution in [0.1, 0.15) is 26.4 Å². The van der Waals surface area contributed by atoms with Crippen LogP contribution in [0.5, 0.6) is 11.5 Å². The van der Waals surface area contributed by atoms with Crippen LogP contribution in [-0.2, 0) is 7.05 Å². The molecule has 9 nitrogen and oxygen atoms in total. The van der Waals surface area contributed by atoms with E-state index < -0.39 is 17.7 Å². The lowest BCUT2D eigenvalue weighted by atomic mass is 10.1. The van der Waals surface area contributed by atoms with Crippen LogP contribution in [0.4, 0.5) is 4.39 Å². The number of halogens is 1. The number of hydrazone groups is 1. The number of esters is 1. The van der Waals surface area contributed by atoms with Crippen molar-refractivity contribution in [1.29, 1.82) is 0 Å². The number of benzene rings is 3. The molecule has 1 N–H and O–H groups in total. The van der Waals surface area contributed by atoms with Gasteiger partial charge in [0.25, 0.3) is 11.5 Å². The molecule has 0 fully saturated rings. The second-order valence-electron chi connectivity index (χ2n) is 7.30. The fraction of sp³-hybridized carbons (Fsp3) is 0.0800. The third-order valence-electron chi connectivity index (χ3n) is 5.04. The number of nitrogens with zero attached hydrogens (tertiary/aromatic N) is 3. The van der Waals surface area contributed by atoms with Crippen LogP contribution in [0.25, 0.3) is 10.8 Å². The van der Waals surface area contributed by atoms with E-state index in [4.69, 9.17) is 9.47 Å². The zero-order chi connectivity index (χ0) is 24.9. The van der Waals surface area contributed by atoms with Gasteiger partial charge in [0.05, 0.1) is 24.3 Å². The van der Waals surface area contributed by atoms with Crippen molar-refractivity contribution in [2.75, 3.05) is 7.11 Å². The van der Waals surface area contributed by atoms with Gasteiger partial charge in [-0.2, -0.15) is 10.2 Å². The standard InChI is InChI=1S/C25H19FN4O5/c1-30-24(32)17-8-4-3-7-16(17)22(29-30)23(31)28-27-14-15-11-12-20(21(13-15)34-2)35-25(33)18-9-5-6-10-19(18)26/h3-14H,1-2H3,(H,28,31)/b27-14+. The van der Waals surface area contributed by atoms with Crippen LogP contribution in [0.15, 0.2) is 76.6 Å². The quantitative estimate of drug-likeness (QED) is 0.199. The molecule has 1 heterocycles. The molecule has 0 bridgehead atoms. The summed E-state index contributed by atoms with van der Waals surface area (Å²) in [5, 5.41) is 8.76. The van der Waals surface area contributed by atoms with Crippen LogP contribution >= 0.6 is 0 Å². The van der Waals surface area contributed by atoms with Gasteiger partial charge in [0, 0.05) is 12.4 Å². The summed E-state index contributed by atoms with van der Waals surface area (Å²) in [5.74, 6) is -1.88. The monoisotopic (exact) mass is 474 g/mol. The zero-order valence-corrected chi connectivity index (χ0v) is 18.7. The van der Waals surface area contributed by atoms with E-state index >= 15 is 0 Å². The number of nitrogens with one attached hydrogen (secondary N) is 1. The highest BCUT2D eigenvalue weighted by molar-refractivity contribution is 6.05. The van der Waals surface area contributed by atoms with Gasteiger partial charge in [-0.05, 0) is 42.0 Å². The topological polar surface area (TPSA) is 112 Å². The maximum atomic E-state index is 13.8. The predicted molar refractivity (Wildman–Crippen MR) is 126 cm³/mol. The number of ether oxygens (including phenoxy) is 2. The first kappa shape index (κ1) is 23.3. The second kappa shape index (κ2) is 9.96. The Labute approximate surface area is 198 Å². The molecule has 1 amide bonds. The van der Waals surface area contributed by atoms with E-state index in [9.17, 15) is 18.8 Å². The number of rotatable bonds is 6. The first-order valence-electron chi connectivity index (χ1n) is 10.3. The molecule has 0 saturated heterocycles. The molecule has 4 rings (SSSR count). The molecule has 4 aromatic rings. The van der Waals surface area contributed by atoms with E-state index in [2.05, 4.69) is 15.6 Å². The fourth-order valence-corrected chi connectivity index (χ4v) is 3.32. The van der Waals surface area contributed by atoms with Crippen molar-refractivity contribution in [2.24, 2.45) is 12.1 Å². The lowest BCUT2D eigenvalue weighted by molar-refractivity contribution is 0.0724. The van der Waals surface area contributed by atoms with E-state index in [1.165, 1.54) is 50.7 Å². The predicted octanol–water partition coefficient (Wildman–Crippen LogP) is 3.06. The minimum atomic E-state index is -0.868. The molecule has 3 aromatic carbocycles. The van der Waals surface area contributed by atoms with Crippen LogP contribution in [0, 0.1) is 5.82 Å². The molecule has 35 heavy (non-hydrogen) atoms. The minimum absolute atomic E-state index is 0.0489. The van der Waals surface area contributed by atoms with Crippen LogP contribution in [0.3, 0.4) is 0 Å². The number of methoxy groups -OCH3 is 1. The number of carbonyl (C=O) groups is 2. The van der Waals surface area contributed by atoms with Crippen molar-refractivity contribution in [3.63, 3.8) is 0 Å². The lowest BCUT2D eigenvalue weighted by Gasteiger charge is -2.10. The molecule has 1 aromatic heterocycles. The SMILES string of the molecule is COc1cc(/C=N/NC(=O)c2nn(C)c(=O)c3ccccc23)ccc1OC(=O)c1ccccc1F. The van der Waals surface area contributed by atoms with Gasteiger partial charge in [0.2, 0.25) is 0 Å². The van der Waals surface area contributed by atoms with E-state index in [1.54, 1.807) is 30.3 Å². The maximum absolute atomic E-state index is 13.8. The van der Waals surface area contributed by atoms with Crippen molar-refractivity contribution >= 4 is 28.9 Å². The zero-order valence-electron chi connectivity index (χ0n) is 18.7. The molecule has 176 valence electrons. The van der Waals surface area contributed by atoms with Gasteiger partial charge >= 0.3 is 5.97 Å². The Morgan fingerprint density at radius 2 is 1.74 bits per heavy atom. The van der Waals surface area contributed by atoms with Gasteiger partial charge in [0.1, 0.15) is 5.82 Å². The highest BCUT2D eigenvalue weighted by Gasteiger charge is 2.17. The smallest absolute Gasteiger partial charge is 0.346 e. The lowest BCUT2D eigenvalue weighted by Crippen LogP contribution is -2.27. The van der Waals surface area contributed by atoms with Crippen LogP contribution < -0.4 is 20.5 Å². The summed E-state index contributed by atoms with van der Waals surface area (Å²) in [7, 11) is 2.84. The molecule has 0 radical (unpaired) electrons. The summed E-state index contributed by atoms with van der Waals surface area (Å²) < 4.78 is 25.5. The molecule has 0 aliphatic heterocycles. The Bertz CT molecular complexity index is 1530. The molecule has 0 saturated carbocycles. The summed E-state index contributed by atoms with van der Waals surface area (Å²) >= 11 is 0. The van der Waals surface area contributed by atoms with Gasteiger partial charge in [-0.15, -0.1) is 0 Å². The Balaban J connectivity index is 1.50. The van der Waals surface area contributed by atoms with E-state index in [0.29, 0.717) is 16.3 Å². The van der Waals surface area contributed by atoms with Gasteiger partial charge in [-0.3, -0.25) is 9.59 Å². The molecule has 0 aliphatic rings. The first-order valence-corrected chi connectivity index (χ1v) is 10.3. The summed E-state index contributed by atoms with van der Waals surface area (Å²) in [6.45, 7) is 0. The minimum Gasteiger partial charge on any atom is -0.493 e. The van der Waals surface area contributed by atoms with Crippen LogP contribution in [-0.4, -0.2) is 35.0 Å². The summed E-state index contributed by atoms with van der Waals surface area (Å²) in [5.41, 5.74) is 2.43. The third kappa shape index (κ3) is 4.91. The van der Waals surface area contributed by atoms with Gasteiger partial charge < -0.3 is 9.47 Å². The average molecular weight is 474 g/mol. The normalized spacial score (nSPS) is 10.9. The van der Waals surface area contributed by atoms with E-state index in [0.717, 1.165) is 10.7 Å². The highest BCUT2D eigenvalue weighted by atomic mass is 19.1. The first-order chi connectivity index (χ1) is 16.9. The number of aryl methyl sites for hydroxylation is 1. The van der Waals surface area contributed by atoms with Crippen molar-refractivity contribution in [3.8, 4) is 11.5 Å². The Morgan fingerprint density at radius 1 is 1.03 bits per heavy atom. The van der Waals surface area contributed by atoms with Crippen LogP contribution in [0.2, 0.25) is 0 Å². The molecule has 0 aliphatic carbocycles. The highest BCUT2D eigenvalue weighted by Crippen LogP contribution is 2.28. The van der Waals surface area contributed by atoms with Crippen molar-refractivity contribution in [2.45, 2.75) is 0 Å². The number of aromatic nitrogens is 2. The Morgan fingerprint density at radius 3 is 2.49 bits per heavy atom. The van der Waals surface area contributed by atoms with E-state index in [-0.39, 0.29) is 28.3 Å². The molecule has 0 unspecified atom stereocenters. The number of amides is 1. The maximum Gasteiger partial charge on any atom is 0.346 e. The summed E-state index contributed by atoms with van der Waals surface area (Å²) in [6, 6.07) is 16.7. The largest absolute Gasteiger partial charge is 0.493 e. The second-order valence-corrected chi connectivity index (χ2v) is 7.30. The Kier molecular flexibility index (Phi) is 6.63. The Hall–Kier alpha value is -4.86. The van der Waals surface area contributed by atoms with Gasteiger partial charge in [0.15, 0.2) is 17.2 Å². The average Bonchev–Trinajstić information content (AvgIpc) is 2.87. The van der Waals surface area contributed by atoms with Crippen molar-refractivity contribution in [3.05, 3.63) is 99.7 Å². The number of hydrogen-bond donors (Lipinski definition) is 1. The number of hydrogen-bond acceptors (Lipinski definition) is 7. The van der Waals surface area contributed by atoms with Crippen molar-refractivity contribution < 1.29 is 23.5 Å². The molecule has 0 spiro atoms. The summed E-state index contributed by atoms with van der Waals surface area (Å²) in [4.78, 5) is 37.2. The van der Waals surface area contributed by atoms with Gasteiger partial charge in [-0.1, -0.05) is 30.3 Å². The molecular weight excluding hydrogens is 455 g/mol. The van der Waals surface area contributed by atoms with E-state index in [1.807, 2.05) is 0 Å². The van der Waals surface area contributed by atoms with Crippen molar-refractivity contribution in [1.82, 2.24) is 15.2 Å². The van der Waals surface area contributed by atoms with Gasteiger partial charge in [-0.25, -0.2) is 19.3 Å². The molecular formula is C25H19FN4O5. The third-order valence-corrected chi connectivity index (χ3v) is 5.04.